The largest absolute Gasteiger partial charge is 0.397 e. The van der Waals surface area contributed by atoms with Crippen molar-refractivity contribution in [3.8, 4) is 0 Å². The van der Waals surface area contributed by atoms with Crippen LogP contribution in [0.3, 0.4) is 0 Å². The first-order valence-electron chi connectivity index (χ1n) is 6.72. The van der Waals surface area contributed by atoms with Gasteiger partial charge in [-0.25, -0.2) is 0 Å². The van der Waals surface area contributed by atoms with Crippen LogP contribution in [0.4, 0.5) is 5.69 Å². The fourth-order valence-electron chi connectivity index (χ4n) is 2.23. The lowest BCUT2D eigenvalue weighted by Gasteiger charge is -2.20. The Morgan fingerprint density at radius 3 is 2.75 bits per heavy atom. The number of benzene rings is 1. The summed E-state index contributed by atoms with van der Waals surface area (Å²) in [4.78, 5) is 13.0. The van der Waals surface area contributed by atoms with Crippen LogP contribution >= 0.6 is 27.3 Å². The summed E-state index contributed by atoms with van der Waals surface area (Å²) in [5, 5.41) is 4.02. The highest BCUT2D eigenvalue weighted by atomic mass is 79.9. The van der Waals surface area contributed by atoms with Gasteiger partial charge in [0.05, 0.1) is 5.69 Å². The molecule has 1 atom stereocenters. The lowest BCUT2D eigenvalue weighted by Crippen LogP contribution is -2.37. The quantitative estimate of drug-likeness (QED) is 0.854. The number of rotatable bonds is 4. The predicted octanol–water partition coefficient (Wildman–Crippen LogP) is 4.41. The number of amides is 1. The summed E-state index contributed by atoms with van der Waals surface area (Å²) in [6, 6.07) is 6.06. The SMILES string of the molecule is CCC(NC(=O)c1sc2cc(Br)ccc2c1N)C(C)C. The topological polar surface area (TPSA) is 55.1 Å². The monoisotopic (exact) mass is 354 g/mol. The van der Waals surface area contributed by atoms with Crippen LogP contribution in [0.25, 0.3) is 10.1 Å². The molecule has 1 aromatic carbocycles. The van der Waals surface area contributed by atoms with Gasteiger partial charge in [0.15, 0.2) is 0 Å². The molecule has 0 bridgehead atoms. The van der Waals surface area contributed by atoms with Crippen molar-refractivity contribution in [2.24, 2.45) is 5.92 Å². The molecule has 2 aromatic rings. The number of nitrogens with one attached hydrogen (secondary N) is 1. The number of nitrogen functional groups attached to an aromatic ring is 1. The van der Waals surface area contributed by atoms with E-state index in [0.29, 0.717) is 16.5 Å². The Balaban J connectivity index is 2.33. The number of fused-ring (bicyclic) bond motifs is 1. The first-order chi connectivity index (χ1) is 9.43. The number of nitrogens with two attached hydrogens (primary N) is 1. The van der Waals surface area contributed by atoms with Crippen molar-refractivity contribution in [2.75, 3.05) is 5.73 Å². The molecule has 1 heterocycles. The van der Waals surface area contributed by atoms with Crippen LogP contribution in [0.1, 0.15) is 36.9 Å². The Morgan fingerprint density at radius 2 is 2.15 bits per heavy atom. The fraction of sp³-hybridized carbons (Fsp3) is 0.400. The van der Waals surface area contributed by atoms with Gasteiger partial charge in [0.2, 0.25) is 0 Å². The summed E-state index contributed by atoms with van der Waals surface area (Å²) >= 11 is 4.88. The van der Waals surface area contributed by atoms with Gasteiger partial charge >= 0.3 is 0 Å². The van der Waals surface area contributed by atoms with Gasteiger partial charge in [0.25, 0.3) is 5.91 Å². The third kappa shape index (κ3) is 2.99. The third-order valence-electron chi connectivity index (χ3n) is 3.46. The zero-order chi connectivity index (χ0) is 14.9. The van der Waals surface area contributed by atoms with Gasteiger partial charge in [-0.1, -0.05) is 42.8 Å². The maximum atomic E-state index is 12.4. The number of carbonyl (C=O) groups is 1. The second-order valence-electron chi connectivity index (χ2n) is 5.22. The van der Waals surface area contributed by atoms with Gasteiger partial charge in [-0.15, -0.1) is 11.3 Å². The molecule has 0 radical (unpaired) electrons. The van der Waals surface area contributed by atoms with E-state index in [0.717, 1.165) is 21.0 Å². The normalized spacial score (nSPS) is 12.8. The molecular weight excluding hydrogens is 336 g/mol. The lowest BCUT2D eigenvalue weighted by molar-refractivity contribution is 0.0929. The van der Waals surface area contributed by atoms with Crippen molar-refractivity contribution in [3.05, 3.63) is 27.5 Å². The number of halogens is 1. The summed E-state index contributed by atoms with van der Waals surface area (Å²) in [6.07, 6.45) is 0.916. The third-order valence-corrected chi connectivity index (χ3v) is 5.12. The molecule has 3 N–H and O–H groups in total. The van der Waals surface area contributed by atoms with Crippen molar-refractivity contribution in [1.82, 2.24) is 5.32 Å². The molecule has 1 unspecified atom stereocenters. The Labute approximate surface area is 131 Å². The minimum atomic E-state index is -0.0691. The number of carbonyl (C=O) groups excluding carboxylic acids is 1. The molecule has 0 aliphatic carbocycles. The molecule has 2 rings (SSSR count). The van der Waals surface area contributed by atoms with Crippen LogP contribution in [-0.4, -0.2) is 11.9 Å². The van der Waals surface area contributed by atoms with E-state index in [4.69, 9.17) is 5.73 Å². The average molecular weight is 355 g/mol. The van der Waals surface area contributed by atoms with E-state index in [1.54, 1.807) is 0 Å². The Kier molecular flexibility index (Phi) is 4.70. The molecule has 1 amide bonds. The van der Waals surface area contributed by atoms with Crippen LogP contribution in [0.2, 0.25) is 0 Å². The highest BCUT2D eigenvalue weighted by molar-refractivity contribution is 9.10. The van der Waals surface area contributed by atoms with Crippen molar-refractivity contribution < 1.29 is 4.79 Å². The maximum absolute atomic E-state index is 12.4. The number of hydrogen-bond donors (Lipinski definition) is 2. The minimum absolute atomic E-state index is 0.0691. The summed E-state index contributed by atoms with van der Waals surface area (Å²) in [5.74, 6) is 0.342. The van der Waals surface area contributed by atoms with Crippen molar-refractivity contribution >= 4 is 48.9 Å². The maximum Gasteiger partial charge on any atom is 0.263 e. The van der Waals surface area contributed by atoms with E-state index in [1.165, 1.54) is 11.3 Å². The van der Waals surface area contributed by atoms with Crippen molar-refractivity contribution in [2.45, 2.75) is 33.2 Å². The molecule has 0 aliphatic heterocycles. The van der Waals surface area contributed by atoms with E-state index in [1.807, 2.05) is 18.2 Å². The first-order valence-corrected chi connectivity index (χ1v) is 8.33. The molecule has 0 saturated heterocycles. The lowest BCUT2D eigenvalue weighted by atomic mass is 10.0. The second kappa shape index (κ2) is 6.14. The molecule has 0 spiro atoms. The first kappa shape index (κ1) is 15.3. The molecule has 0 aliphatic rings. The Morgan fingerprint density at radius 1 is 1.45 bits per heavy atom. The van der Waals surface area contributed by atoms with Crippen LogP contribution in [0.5, 0.6) is 0 Å². The summed E-state index contributed by atoms with van der Waals surface area (Å²) in [7, 11) is 0. The number of anilines is 1. The van der Waals surface area contributed by atoms with Crippen LogP contribution in [0, 0.1) is 5.92 Å². The van der Waals surface area contributed by atoms with Gasteiger partial charge < -0.3 is 11.1 Å². The highest BCUT2D eigenvalue weighted by Crippen LogP contribution is 2.35. The average Bonchev–Trinajstić information content (AvgIpc) is 2.72. The highest BCUT2D eigenvalue weighted by Gasteiger charge is 2.20. The zero-order valence-electron chi connectivity index (χ0n) is 11.9. The summed E-state index contributed by atoms with van der Waals surface area (Å²) in [5.41, 5.74) is 6.69. The minimum Gasteiger partial charge on any atom is -0.397 e. The number of hydrogen-bond acceptors (Lipinski definition) is 3. The zero-order valence-corrected chi connectivity index (χ0v) is 14.3. The molecule has 0 saturated carbocycles. The van der Waals surface area contributed by atoms with Crippen LogP contribution < -0.4 is 11.1 Å². The van der Waals surface area contributed by atoms with Gasteiger partial charge in [-0.3, -0.25) is 4.79 Å². The van der Waals surface area contributed by atoms with E-state index < -0.39 is 0 Å². The van der Waals surface area contributed by atoms with Gasteiger partial charge in [-0.2, -0.15) is 0 Å². The number of thiophene rings is 1. The van der Waals surface area contributed by atoms with Crippen molar-refractivity contribution in [1.29, 1.82) is 0 Å². The van der Waals surface area contributed by atoms with Gasteiger partial charge in [0, 0.05) is 20.6 Å². The molecule has 5 heteroatoms. The smallest absolute Gasteiger partial charge is 0.263 e. The fourth-order valence-corrected chi connectivity index (χ4v) is 3.81. The molecule has 0 fully saturated rings. The summed E-state index contributed by atoms with van der Waals surface area (Å²) < 4.78 is 2.02. The van der Waals surface area contributed by atoms with E-state index in [9.17, 15) is 4.79 Å². The van der Waals surface area contributed by atoms with E-state index in [2.05, 4.69) is 42.0 Å². The molecule has 108 valence electrons. The molecule has 3 nitrogen and oxygen atoms in total. The van der Waals surface area contributed by atoms with Crippen LogP contribution in [0.15, 0.2) is 22.7 Å². The second-order valence-corrected chi connectivity index (χ2v) is 7.19. The van der Waals surface area contributed by atoms with E-state index >= 15 is 0 Å². The van der Waals surface area contributed by atoms with Crippen molar-refractivity contribution in [3.63, 3.8) is 0 Å². The standard InChI is InChI=1S/C15H19BrN2OS/c1-4-11(8(2)3)18-15(19)14-13(17)10-6-5-9(16)7-12(10)20-14/h5-8,11H,4,17H2,1-3H3,(H,18,19). The van der Waals surface area contributed by atoms with Crippen LogP contribution in [-0.2, 0) is 0 Å². The Hall–Kier alpha value is -1.07. The predicted molar refractivity (Wildman–Crippen MR) is 90.3 cm³/mol. The summed E-state index contributed by atoms with van der Waals surface area (Å²) in [6.45, 7) is 6.30. The Bertz CT molecular complexity index is 636. The van der Waals surface area contributed by atoms with Gasteiger partial charge in [-0.05, 0) is 24.5 Å². The van der Waals surface area contributed by atoms with E-state index in [-0.39, 0.29) is 11.9 Å². The molecular formula is C15H19BrN2OS. The van der Waals surface area contributed by atoms with Gasteiger partial charge in [0.1, 0.15) is 4.88 Å². The molecule has 20 heavy (non-hydrogen) atoms. The molecule has 1 aromatic heterocycles.